The highest BCUT2D eigenvalue weighted by atomic mass is 28.4. The monoisotopic (exact) mass is 627 g/mol. The summed E-state index contributed by atoms with van der Waals surface area (Å²) in [7, 11) is 1.16. The highest BCUT2D eigenvalue weighted by molar-refractivity contribution is 6.74. The van der Waals surface area contributed by atoms with E-state index in [4.69, 9.17) is 18.6 Å². The number of nitrogens with zero attached hydrogens (tertiary/aromatic N) is 2. The number of hydrogen-bond acceptors (Lipinski definition) is 7. The Balaban J connectivity index is 1.57. The number of benzene rings is 3. The van der Waals surface area contributed by atoms with Crippen LogP contribution in [0.5, 0.6) is 5.75 Å². The van der Waals surface area contributed by atoms with Crippen LogP contribution < -0.4 is 15.7 Å². The molecule has 2 heterocycles. The Morgan fingerprint density at radius 1 is 0.889 bits per heavy atom. The summed E-state index contributed by atoms with van der Waals surface area (Å²) >= 11 is 0. The molecule has 4 aromatic rings. The van der Waals surface area contributed by atoms with Crippen molar-refractivity contribution >= 4 is 14.1 Å². The van der Waals surface area contributed by atoms with Crippen molar-refractivity contribution in [3.63, 3.8) is 0 Å². The zero-order valence-corrected chi connectivity index (χ0v) is 28.3. The third-order valence-corrected chi connectivity index (χ3v) is 13.6. The second-order valence-electron chi connectivity index (χ2n) is 13.1. The topological polar surface area (TPSA) is 83.8 Å². The van der Waals surface area contributed by atoms with Gasteiger partial charge in [-0.2, -0.15) is 4.98 Å². The summed E-state index contributed by atoms with van der Waals surface area (Å²) in [4.78, 5) is 18.4. The van der Waals surface area contributed by atoms with E-state index in [1.54, 1.807) is 25.0 Å². The van der Waals surface area contributed by atoms with Crippen LogP contribution in [-0.2, 0) is 19.4 Å². The fourth-order valence-electron chi connectivity index (χ4n) is 5.72. The van der Waals surface area contributed by atoms with E-state index in [0.717, 1.165) is 22.4 Å². The minimum Gasteiger partial charge on any atom is -0.497 e. The molecule has 0 saturated carbocycles. The standard InChI is InChI=1S/C36H45N3O5Si/c1-35(2,3)45(6,7)44-31-24-30(25-41-4)43-33(31)39-23-22-32(37-34(39)40)38-36(26-14-10-8-11-15-26,27-16-12-9-13-17-27)28-18-20-29(42-5)21-19-28/h8-23,30-31,33H,24-25H2,1-7H3,(H,37,38,40)/t30-,31+,33+/m0/s1. The van der Waals surface area contributed by atoms with Crippen LogP contribution >= 0.6 is 0 Å². The Morgan fingerprint density at radius 2 is 1.47 bits per heavy atom. The molecular formula is C36H45N3O5Si. The van der Waals surface area contributed by atoms with Crippen molar-refractivity contribution in [1.82, 2.24) is 9.55 Å². The summed E-state index contributed by atoms with van der Waals surface area (Å²) in [6, 6.07) is 30.2. The summed E-state index contributed by atoms with van der Waals surface area (Å²) in [5.41, 5.74) is 1.68. The second-order valence-corrected chi connectivity index (χ2v) is 17.9. The van der Waals surface area contributed by atoms with Crippen LogP contribution in [0.2, 0.25) is 18.1 Å². The van der Waals surface area contributed by atoms with Crippen LogP contribution in [0.1, 0.15) is 50.1 Å². The number of rotatable bonds is 11. The number of anilines is 1. The van der Waals surface area contributed by atoms with Gasteiger partial charge in [0.1, 0.15) is 17.1 Å². The largest absolute Gasteiger partial charge is 0.497 e. The molecule has 1 aliphatic rings. The second kappa shape index (κ2) is 13.3. The molecule has 5 rings (SSSR count). The van der Waals surface area contributed by atoms with Crippen molar-refractivity contribution in [3.8, 4) is 5.75 Å². The van der Waals surface area contributed by atoms with E-state index in [1.165, 1.54) is 0 Å². The number of methoxy groups -OCH3 is 2. The van der Waals surface area contributed by atoms with E-state index in [9.17, 15) is 4.79 Å². The molecule has 0 unspecified atom stereocenters. The van der Waals surface area contributed by atoms with Crippen molar-refractivity contribution in [3.05, 3.63) is 124 Å². The van der Waals surface area contributed by atoms with Crippen molar-refractivity contribution in [2.75, 3.05) is 26.1 Å². The summed E-state index contributed by atoms with van der Waals surface area (Å²) in [6.45, 7) is 11.5. The van der Waals surface area contributed by atoms with Gasteiger partial charge in [-0.15, -0.1) is 0 Å². The van der Waals surface area contributed by atoms with Crippen LogP contribution in [0.4, 0.5) is 5.82 Å². The molecule has 0 radical (unpaired) electrons. The van der Waals surface area contributed by atoms with Crippen LogP contribution in [0.25, 0.3) is 0 Å². The van der Waals surface area contributed by atoms with Crippen LogP contribution in [0, 0.1) is 0 Å². The minimum absolute atomic E-state index is 0.00749. The first-order valence-corrected chi connectivity index (χ1v) is 18.3. The Bertz CT molecular complexity index is 1560. The smallest absolute Gasteiger partial charge is 0.351 e. The molecule has 0 aliphatic carbocycles. The molecule has 0 amide bonds. The number of aromatic nitrogens is 2. The maximum Gasteiger partial charge on any atom is 0.351 e. The first-order chi connectivity index (χ1) is 21.5. The molecule has 238 valence electrons. The number of hydrogen-bond donors (Lipinski definition) is 1. The van der Waals surface area contributed by atoms with Gasteiger partial charge in [-0.25, -0.2) is 4.79 Å². The van der Waals surface area contributed by atoms with Gasteiger partial charge in [0.05, 0.1) is 25.9 Å². The zero-order valence-electron chi connectivity index (χ0n) is 27.3. The lowest BCUT2D eigenvalue weighted by Gasteiger charge is -2.39. The van der Waals surface area contributed by atoms with Gasteiger partial charge in [-0.1, -0.05) is 93.6 Å². The van der Waals surface area contributed by atoms with Gasteiger partial charge in [-0.3, -0.25) is 4.57 Å². The van der Waals surface area contributed by atoms with E-state index in [1.807, 2.05) is 66.7 Å². The van der Waals surface area contributed by atoms with Gasteiger partial charge < -0.3 is 24.0 Å². The van der Waals surface area contributed by atoms with Gasteiger partial charge in [-0.05, 0) is 53.0 Å². The third kappa shape index (κ3) is 6.77. The summed E-state index contributed by atoms with van der Waals surface area (Å²) in [5.74, 6) is 1.19. The number of ether oxygens (including phenoxy) is 3. The van der Waals surface area contributed by atoms with Crippen molar-refractivity contribution in [1.29, 1.82) is 0 Å². The normalized spacial score (nSPS) is 19.0. The average molecular weight is 628 g/mol. The molecule has 1 aliphatic heterocycles. The fourth-order valence-corrected chi connectivity index (χ4v) is 7.04. The van der Waals surface area contributed by atoms with Crippen LogP contribution in [0.15, 0.2) is 102 Å². The molecular weight excluding hydrogens is 582 g/mol. The molecule has 45 heavy (non-hydrogen) atoms. The molecule has 8 nitrogen and oxygen atoms in total. The minimum atomic E-state index is -2.15. The van der Waals surface area contributed by atoms with E-state index < -0.39 is 25.8 Å². The SMILES string of the molecule is COC[C@@H]1C[C@@H](O[Si](C)(C)C(C)(C)C)[C@H](n2ccc(NC(c3ccccc3)(c3ccccc3)c3ccc(OC)cc3)nc2=O)O1. The lowest BCUT2D eigenvalue weighted by atomic mass is 9.77. The lowest BCUT2D eigenvalue weighted by Crippen LogP contribution is -2.46. The predicted octanol–water partition coefficient (Wildman–Crippen LogP) is 6.98. The first kappa shape index (κ1) is 32.6. The van der Waals surface area contributed by atoms with E-state index in [-0.39, 0.29) is 17.2 Å². The Kier molecular flexibility index (Phi) is 9.65. The van der Waals surface area contributed by atoms with E-state index in [0.29, 0.717) is 18.8 Å². The maximum atomic E-state index is 13.8. The fraction of sp³-hybridized carbons (Fsp3) is 0.389. The van der Waals surface area contributed by atoms with E-state index >= 15 is 0 Å². The highest BCUT2D eigenvalue weighted by Crippen LogP contribution is 2.42. The van der Waals surface area contributed by atoms with Crippen molar-refractivity contribution in [2.45, 2.75) is 69.3 Å². The lowest BCUT2D eigenvalue weighted by molar-refractivity contribution is -0.0557. The maximum absolute atomic E-state index is 13.8. The molecule has 1 saturated heterocycles. The zero-order chi connectivity index (χ0) is 32.2. The number of nitrogens with one attached hydrogen (secondary N) is 1. The van der Waals surface area contributed by atoms with E-state index in [2.05, 4.69) is 68.4 Å². The molecule has 0 spiro atoms. The molecule has 0 bridgehead atoms. The summed E-state index contributed by atoms with van der Waals surface area (Å²) < 4.78 is 25.6. The average Bonchev–Trinajstić information content (AvgIpc) is 3.41. The van der Waals surface area contributed by atoms with Gasteiger partial charge in [0.2, 0.25) is 0 Å². The highest BCUT2D eigenvalue weighted by Gasteiger charge is 2.46. The molecule has 9 heteroatoms. The van der Waals surface area contributed by atoms with Crippen LogP contribution in [-0.4, -0.2) is 50.9 Å². The Hall–Kier alpha value is -3.76. The summed E-state index contributed by atoms with van der Waals surface area (Å²) in [5, 5.41) is 3.69. The van der Waals surface area contributed by atoms with Gasteiger partial charge in [0.15, 0.2) is 14.5 Å². The molecule has 1 aromatic heterocycles. The molecule has 1 N–H and O–H groups in total. The molecule has 3 aromatic carbocycles. The molecule has 1 fully saturated rings. The van der Waals surface area contributed by atoms with Gasteiger partial charge in [0, 0.05) is 19.7 Å². The quantitative estimate of drug-likeness (QED) is 0.142. The first-order valence-electron chi connectivity index (χ1n) is 15.4. The van der Waals surface area contributed by atoms with Gasteiger partial charge in [0.25, 0.3) is 0 Å². The van der Waals surface area contributed by atoms with Crippen molar-refractivity contribution in [2.24, 2.45) is 0 Å². The third-order valence-electron chi connectivity index (χ3n) is 9.11. The predicted molar refractivity (Wildman–Crippen MR) is 180 cm³/mol. The van der Waals surface area contributed by atoms with Gasteiger partial charge >= 0.3 is 5.69 Å². The van der Waals surface area contributed by atoms with Crippen LogP contribution in [0.3, 0.4) is 0 Å². The van der Waals surface area contributed by atoms with Crippen molar-refractivity contribution < 1.29 is 18.6 Å². The Labute approximate surface area is 267 Å². The molecule has 3 atom stereocenters. The summed E-state index contributed by atoms with van der Waals surface area (Å²) in [6.07, 6.45) is 1.31. The Morgan fingerprint density at radius 3 is 1.98 bits per heavy atom.